The van der Waals surface area contributed by atoms with Crippen molar-refractivity contribution in [3.05, 3.63) is 53.2 Å². The second-order valence-electron chi connectivity index (χ2n) is 5.60. The first-order valence-corrected chi connectivity index (χ1v) is 8.44. The number of aryl methyl sites for hydroxylation is 1. The molecule has 0 saturated heterocycles. The van der Waals surface area contributed by atoms with E-state index in [4.69, 9.17) is 5.14 Å². The molecule has 0 fully saturated rings. The highest BCUT2D eigenvalue weighted by atomic mass is 32.2. The molecule has 0 amide bonds. The van der Waals surface area contributed by atoms with E-state index in [0.717, 1.165) is 0 Å². The Labute approximate surface area is 132 Å². The first-order valence-electron chi connectivity index (χ1n) is 6.89. The summed E-state index contributed by atoms with van der Waals surface area (Å²) in [7, 11) is -4.07. The van der Waals surface area contributed by atoms with E-state index in [-0.39, 0.29) is 22.8 Å². The molecule has 0 radical (unpaired) electrons. The zero-order valence-electron chi connectivity index (χ0n) is 12.3. The minimum Gasteiger partial charge on any atom is -0.345 e. The van der Waals surface area contributed by atoms with Gasteiger partial charge in [-0.15, -0.1) is 0 Å². The fourth-order valence-corrected chi connectivity index (χ4v) is 3.52. The average Bonchev–Trinajstić information content (AvgIpc) is 2.45. The van der Waals surface area contributed by atoms with Gasteiger partial charge in [-0.1, -0.05) is 24.3 Å². The molecule has 23 heavy (non-hydrogen) atoms. The number of pyridine rings is 1. The van der Waals surface area contributed by atoms with Crippen LogP contribution in [0.15, 0.2) is 41.4 Å². The lowest BCUT2D eigenvalue weighted by Crippen LogP contribution is -2.41. The lowest BCUT2D eigenvalue weighted by molar-refractivity contribution is -0.00275. The summed E-state index contributed by atoms with van der Waals surface area (Å²) >= 11 is 0. The molecule has 0 saturated carbocycles. The first-order chi connectivity index (χ1) is 10.7. The molecule has 1 aromatic carbocycles. The van der Waals surface area contributed by atoms with Gasteiger partial charge in [0.15, 0.2) is 0 Å². The van der Waals surface area contributed by atoms with Gasteiger partial charge in [-0.05, 0) is 24.1 Å². The Morgan fingerprint density at radius 2 is 2.00 bits per heavy atom. The number of nitrogens with two attached hydrogens (primary N) is 1. The maximum absolute atomic E-state index is 14.4. The molecule has 1 aliphatic rings. The number of primary sulfonamides is 1. The van der Waals surface area contributed by atoms with Crippen molar-refractivity contribution in [3.63, 3.8) is 0 Å². The van der Waals surface area contributed by atoms with Gasteiger partial charge in [-0.25, -0.2) is 18.5 Å². The number of anilines is 1. The van der Waals surface area contributed by atoms with Crippen molar-refractivity contribution >= 4 is 15.8 Å². The van der Waals surface area contributed by atoms with Crippen LogP contribution >= 0.6 is 0 Å². The van der Waals surface area contributed by atoms with Crippen LogP contribution < -0.4 is 10.0 Å². The summed E-state index contributed by atoms with van der Waals surface area (Å²) in [5.41, 5.74) is 0.981. The Hall–Kier alpha value is -2.06. The summed E-state index contributed by atoms with van der Waals surface area (Å²) in [6, 6.07) is 7.55. The van der Waals surface area contributed by atoms with Gasteiger partial charge in [0, 0.05) is 18.3 Å². The monoisotopic (exact) mass is 339 g/mol. The van der Waals surface area contributed by atoms with Crippen molar-refractivity contribution in [1.29, 1.82) is 0 Å². The third-order valence-electron chi connectivity index (χ3n) is 3.74. The van der Waals surface area contributed by atoms with E-state index >= 15 is 0 Å². The Bertz CT molecular complexity index is 869. The van der Waals surface area contributed by atoms with Crippen LogP contribution in [-0.4, -0.2) is 19.9 Å². The van der Waals surface area contributed by atoms with E-state index in [1.807, 2.05) is 0 Å². The van der Waals surface area contributed by atoms with Gasteiger partial charge in [-0.2, -0.15) is 8.78 Å². The summed E-state index contributed by atoms with van der Waals surface area (Å²) in [4.78, 5) is 5.05. The molecule has 2 heterocycles. The molecular formula is C15H15F2N3O2S. The lowest BCUT2D eigenvalue weighted by atomic mass is 9.96. The predicted molar refractivity (Wildman–Crippen MR) is 81.7 cm³/mol. The molecule has 5 nitrogen and oxygen atoms in total. The second-order valence-corrected chi connectivity index (χ2v) is 7.13. The van der Waals surface area contributed by atoms with Crippen molar-refractivity contribution in [2.24, 2.45) is 5.14 Å². The fourth-order valence-electron chi connectivity index (χ4n) is 2.73. The van der Waals surface area contributed by atoms with Gasteiger partial charge in [0.05, 0.1) is 6.54 Å². The smallest absolute Gasteiger partial charge is 0.290 e. The van der Waals surface area contributed by atoms with Crippen LogP contribution in [-0.2, 0) is 22.5 Å². The number of alkyl halides is 2. The number of rotatable bonds is 2. The molecule has 0 unspecified atom stereocenters. The normalized spacial score (nSPS) is 17.0. The number of aromatic nitrogens is 1. The molecule has 1 aliphatic heterocycles. The minimum absolute atomic E-state index is 0.0412. The van der Waals surface area contributed by atoms with Gasteiger partial charge >= 0.3 is 0 Å². The number of nitrogens with zero attached hydrogens (tertiary/aromatic N) is 2. The first kappa shape index (κ1) is 15.8. The van der Waals surface area contributed by atoms with E-state index in [1.54, 1.807) is 25.1 Å². The SMILES string of the molecule is Cc1cnc(N2Cc3ccccc3C(F)(F)C2)c(S(N)(=O)=O)c1. The van der Waals surface area contributed by atoms with Gasteiger partial charge in [0.25, 0.3) is 5.92 Å². The third-order valence-corrected chi connectivity index (χ3v) is 4.65. The van der Waals surface area contributed by atoms with E-state index in [0.29, 0.717) is 11.1 Å². The van der Waals surface area contributed by atoms with Gasteiger partial charge < -0.3 is 4.90 Å². The Morgan fingerprint density at radius 1 is 1.30 bits per heavy atom. The highest BCUT2D eigenvalue weighted by molar-refractivity contribution is 7.89. The lowest BCUT2D eigenvalue weighted by Gasteiger charge is -2.35. The molecule has 0 bridgehead atoms. The largest absolute Gasteiger partial charge is 0.345 e. The number of hydrogen-bond acceptors (Lipinski definition) is 4. The highest BCUT2D eigenvalue weighted by Gasteiger charge is 2.41. The molecule has 2 aromatic rings. The fraction of sp³-hybridized carbons (Fsp3) is 0.267. The molecule has 2 N–H and O–H groups in total. The third kappa shape index (κ3) is 2.91. The number of fused-ring (bicyclic) bond motifs is 1. The summed E-state index contributed by atoms with van der Waals surface area (Å²) in [6.07, 6.45) is 1.43. The quantitative estimate of drug-likeness (QED) is 0.909. The van der Waals surface area contributed by atoms with Crippen molar-refractivity contribution < 1.29 is 17.2 Å². The second kappa shape index (κ2) is 5.24. The van der Waals surface area contributed by atoms with E-state index < -0.39 is 22.5 Å². The van der Waals surface area contributed by atoms with Crippen molar-refractivity contribution in [3.8, 4) is 0 Å². The van der Waals surface area contributed by atoms with E-state index in [9.17, 15) is 17.2 Å². The zero-order chi connectivity index (χ0) is 16.8. The Balaban J connectivity index is 2.12. The van der Waals surface area contributed by atoms with Crippen molar-refractivity contribution in [2.45, 2.75) is 24.3 Å². The van der Waals surface area contributed by atoms with Crippen LogP contribution in [0.4, 0.5) is 14.6 Å². The zero-order valence-corrected chi connectivity index (χ0v) is 13.1. The molecule has 0 atom stereocenters. The number of sulfonamides is 1. The topological polar surface area (TPSA) is 76.3 Å². The highest BCUT2D eigenvalue weighted by Crippen LogP contribution is 2.39. The molecule has 122 valence electrons. The summed E-state index contributed by atoms with van der Waals surface area (Å²) in [6.45, 7) is 1.15. The molecule has 1 aromatic heterocycles. The molecule has 8 heteroatoms. The van der Waals surface area contributed by atoms with Crippen LogP contribution in [0.2, 0.25) is 0 Å². The molecule has 0 spiro atoms. The van der Waals surface area contributed by atoms with E-state index in [1.165, 1.54) is 23.2 Å². The molecule has 3 rings (SSSR count). The Morgan fingerprint density at radius 3 is 2.70 bits per heavy atom. The maximum atomic E-state index is 14.4. The molecule has 0 aliphatic carbocycles. The van der Waals surface area contributed by atoms with Crippen LogP contribution in [0, 0.1) is 6.92 Å². The van der Waals surface area contributed by atoms with Crippen molar-refractivity contribution in [2.75, 3.05) is 11.4 Å². The average molecular weight is 339 g/mol. The minimum atomic E-state index is -4.07. The van der Waals surface area contributed by atoms with Crippen LogP contribution in [0.1, 0.15) is 16.7 Å². The molecular weight excluding hydrogens is 324 g/mol. The number of hydrogen-bond donors (Lipinski definition) is 1. The standard InChI is InChI=1S/C15H15F2N3O2S/c1-10-6-13(23(18,21)22)14(19-7-10)20-8-11-4-2-3-5-12(11)15(16,17)9-20/h2-7H,8-9H2,1H3,(H2,18,21,22). The number of benzene rings is 1. The van der Waals surface area contributed by atoms with Gasteiger partial charge in [0.2, 0.25) is 10.0 Å². The van der Waals surface area contributed by atoms with Gasteiger partial charge in [-0.3, -0.25) is 0 Å². The maximum Gasteiger partial charge on any atom is 0.290 e. The summed E-state index contributed by atoms with van der Waals surface area (Å²) < 4.78 is 52.3. The summed E-state index contributed by atoms with van der Waals surface area (Å²) in [5.74, 6) is -3.15. The van der Waals surface area contributed by atoms with Crippen LogP contribution in [0.25, 0.3) is 0 Å². The predicted octanol–water partition coefficient (Wildman–Crippen LogP) is 2.15. The van der Waals surface area contributed by atoms with Crippen LogP contribution in [0.3, 0.4) is 0 Å². The van der Waals surface area contributed by atoms with Crippen LogP contribution in [0.5, 0.6) is 0 Å². The summed E-state index contributed by atoms with van der Waals surface area (Å²) in [5, 5.41) is 5.21. The Kier molecular flexibility index (Phi) is 3.61. The van der Waals surface area contributed by atoms with Gasteiger partial charge in [0.1, 0.15) is 10.7 Å². The number of halogens is 2. The van der Waals surface area contributed by atoms with E-state index in [2.05, 4.69) is 4.98 Å². The van der Waals surface area contributed by atoms with Crippen molar-refractivity contribution in [1.82, 2.24) is 4.98 Å².